The van der Waals surface area contributed by atoms with E-state index in [0.717, 1.165) is 28.8 Å². The molecule has 0 aliphatic rings. The van der Waals surface area contributed by atoms with E-state index in [2.05, 4.69) is 9.98 Å². The van der Waals surface area contributed by atoms with E-state index in [1.807, 2.05) is 6.07 Å². The molecular weight excluding hydrogens is 512 g/mol. The second-order valence-electron chi connectivity index (χ2n) is 8.02. The van der Waals surface area contributed by atoms with E-state index < -0.39 is 10.8 Å². The maximum Gasteiger partial charge on any atom is 0.205 e. The van der Waals surface area contributed by atoms with Crippen molar-refractivity contribution in [3.8, 4) is 33.4 Å². The Balaban J connectivity index is 1.93. The zero-order valence-electron chi connectivity index (χ0n) is 20.9. The predicted molar refractivity (Wildman–Crippen MR) is 149 cm³/mol. The average molecular weight is 543 g/mol. The lowest BCUT2D eigenvalue weighted by Gasteiger charge is -2.07. The van der Waals surface area contributed by atoms with E-state index in [0.29, 0.717) is 34.3 Å². The van der Waals surface area contributed by atoms with Gasteiger partial charge in [-0.2, -0.15) is 0 Å². The maximum absolute atomic E-state index is 11.3. The Hall–Kier alpha value is -3.63. The number of aromatic hydroxyl groups is 2. The summed E-state index contributed by atoms with van der Waals surface area (Å²) < 4.78 is 21.6. The van der Waals surface area contributed by atoms with Gasteiger partial charge in [-0.3, -0.25) is 9.20 Å². The van der Waals surface area contributed by atoms with Gasteiger partial charge in [-0.05, 0) is 66.4 Å². The molecule has 0 aliphatic carbocycles. The van der Waals surface area contributed by atoms with Gasteiger partial charge >= 0.3 is 0 Å². The third kappa shape index (κ3) is 8.47. The van der Waals surface area contributed by atoms with E-state index in [9.17, 15) is 19.5 Å². The van der Waals surface area contributed by atoms with Crippen LogP contribution < -0.4 is 14.3 Å². The Kier molecular flexibility index (Phi) is 10.3. The van der Waals surface area contributed by atoms with Gasteiger partial charge in [-0.25, -0.2) is 4.98 Å². The Labute approximate surface area is 222 Å². The fourth-order valence-corrected chi connectivity index (χ4v) is 4.85. The number of unbranched alkanes of at least 4 members (excludes halogenated alkanes) is 1. The van der Waals surface area contributed by atoms with E-state index in [1.54, 1.807) is 42.7 Å². The van der Waals surface area contributed by atoms with Crippen molar-refractivity contribution in [2.24, 2.45) is 4.99 Å². The summed E-state index contributed by atoms with van der Waals surface area (Å²) in [4.78, 5) is 10.5. The Morgan fingerprint density at radius 3 is 2.46 bits per heavy atom. The number of benzene rings is 2. The number of aliphatic hydroxyl groups is 1. The number of phenols is 2. The number of rotatable bonds is 11. The summed E-state index contributed by atoms with van der Waals surface area (Å²) >= 11 is 1.38. The topological polar surface area (TPSA) is 121 Å². The van der Waals surface area contributed by atoms with Gasteiger partial charge in [-0.15, -0.1) is 0 Å². The number of hydrogen-bond donors (Lipinski definition) is 3. The van der Waals surface area contributed by atoms with Gasteiger partial charge < -0.3 is 24.8 Å². The number of allylic oxidation sites excluding steroid dienone is 1. The molecule has 0 aliphatic heterocycles. The molecule has 2 aromatic carbocycles. The molecule has 196 valence electrons. The van der Waals surface area contributed by atoms with Gasteiger partial charge in [0.1, 0.15) is 5.76 Å². The highest BCUT2D eigenvalue weighted by Gasteiger charge is 2.08. The minimum Gasteiger partial charge on any atom is -0.508 e. The first-order valence-corrected chi connectivity index (χ1v) is 14.0. The number of nitrogens with zero attached hydrogens (tertiary/aromatic N) is 2. The zero-order valence-corrected chi connectivity index (χ0v) is 22.5. The van der Waals surface area contributed by atoms with Crippen molar-refractivity contribution < 1.29 is 29.0 Å². The zero-order chi connectivity index (χ0) is 26.8. The SMILES string of the molecule is COc1cc(/C=C/C(O)=C/c2cc(-c3ccc(O)c(OC)c3)sc(=NCCCCS(C)=O)n2)ccc1O. The van der Waals surface area contributed by atoms with Gasteiger partial charge in [0.2, 0.25) is 4.80 Å². The summed E-state index contributed by atoms with van der Waals surface area (Å²) in [5.41, 5.74) is 2.04. The van der Waals surface area contributed by atoms with Gasteiger partial charge in [0.15, 0.2) is 23.0 Å². The minimum absolute atomic E-state index is 0.0265. The van der Waals surface area contributed by atoms with Crippen molar-refractivity contribution in [3.05, 3.63) is 70.4 Å². The lowest BCUT2D eigenvalue weighted by molar-refractivity contribution is 0.373. The third-order valence-corrected chi connectivity index (χ3v) is 7.04. The number of aliphatic hydroxyl groups excluding tert-OH is 1. The fraction of sp³-hybridized carbons (Fsp3) is 0.259. The van der Waals surface area contributed by atoms with Crippen LogP contribution in [-0.4, -0.2) is 57.3 Å². The van der Waals surface area contributed by atoms with Crippen molar-refractivity contribution in [1.29, 1.82) is 0 Å². The number of aromatic nitrogens is 1. The fourth-order valence-electron chi connectivity index (χ4n) is 3.31. The van der Waals surface area contributed by atoms with Crippen LogP contribution in [0, 0.1) is 0 Å². The molecule has 1 unspecified atom stereocenters. The van der Waals surface area contributed by atoms with E-state index in [4.69, 9.17) is 9.47 Å². The van der Waals surface area contributed by atoms with Crippen molar-refractivity contribution in [3.63, 3.8) is 0 Å². The first kappa shape index (κ1) is 27.9. The van der Waals surface area contributed by atoms with Crippen LogP contribution in [0.4, 0.5) is 0 Å². The molecule has 3 aromatic rings. The molecule has 1 atom stereocenters. The van der Waals surface area contributed by atoms with Crippen LogP contribution in [0.5, 0.6) is 23.0 Å². The van der Waals surface area contributed by atoms with Crippen LogP contribution in [-0.2, 0) is 10.8 Å². The second kappa shape index (κ2) is 13.6. The number of phenolic OH excluding ortho intramolecular Hbond substituents is 2. The molecule has 37 heavy (non-hydrogen) atoms. The first-order chi connectivity index (χ1) is 17.8. The number of methoxy groups -OCH3 is 2. The second-order valence-corrected chi connectivity index (χ2v) is 10.6. The van der Waals surface area contributed by atoms with E-state index in [-0.39, 0.29) is 17.3 Å². The normalized spacial score (nSPS) is 13.2. The molecule has 0 fully saturated rings. The summed E-state index contributed by atoms with van der Waals surface area (Å²) in [5, 5.41) is 30.3. The summed E-state index contributed by atoms with van der Waals surface area (Å²) in [7, 11) is 2.13. The standard InChI is InChI=1S/C27H30N2O6S2/c1-34-24-14-18(7-10-22(24)31)6-9-21(30)16-20-17-26(19-8-11-23(32)25(15-19)35-2)36-27(29-20)28-12-4-5-13-37(3)33/h6-11,14-17,30-32H,4-5,12-13H2,1-3H3/b9-6+,21-16-,28-27?. The Morgan fingerprint density at radius 1 is 1.05 bits per heavy atom. The van der Waals surface area contributed by atoms with Gasteiger partial charge in [-0.1, -0.05) is 23.5 Å². The molecule has 3 rings (SSSR count). The van der Waals surface area contributed by atoms with Crippen molar-refractivity contribution in [2.45, 2.75) is 12.8 Å². The largest absolute Gasteiger partial charge is 0.508 e. The smallest absolute Gasteiger partial charge is 0.205 e. The molecule has 1 heterocycles. The van der Waals surface area contributed by atoms with E-state index >= 15 is 0 Å². The van der Waals surface area contributed by atoms with Crippen LogP contribution in [0.25, 0.3) is 22.6 Å². The lowest BCUT2D eigenvalue weighted by Crippen LogP contribution is -2.07. The third-order valence-electron chi connectivity index (χ3n) is 5.20. The van der Waals surface area contributed by atoms with Crippen molar-refractivity contribution >= 4 is 34.3 Å². The lowest BCUT2D eigenvalue weighted by atomic mass is 10.1. The van der Waals surface area contributed by atoms with Crippen LogP contribution >= 0.6 is 11.3 Å². The molecule has 3 N–H and O–H groups in total. The molecule has 0 saturated heterocycles. The van der Waals surface area contributed by atoms with Crippen LogP contribution in [0.1, 0.15) is 24.1 Å². The molecule has 0 amide bonds. The predicted octanol–water partition coefficient (Wildman–Crippen LogP) is 4.91. The Bertz CT molecular complexity index is 1380. The molecule has 0 bridgehead atoms. The Morgan fingerprint density at radius 2 is 1.76 bits per heavy atom. The van der Waals surface area contributed by atoms with Crippen molar-refractivity contribution in [1.82, 2.24) is 4.98 Å². The summed E-state index contributed by atoms with van der Waals surface area (Å²) in [6.45, 7) is 0.542. The molecule has 0 spiro atoms. The van der Waals surface area contributed by atoms with Crippen molar-refractivity contribution in [2.75, 3.05) is 32.8 Å². The van der Waals surface area contributed by atoms with Gasteiger partial charge in [0.05, 0.1) is 19.9 Å². The highest BCUT2D eigenvalue weighted by Crippen LogP contribution is 2.32. The maximum atomic E-state index is 11.3. The molecule has 10 heteroatoms. The molecule has 0 saturated carbocycles. The van der Waals surface area contributed by atoms with E-state index in [1.165, 1.54) is 43.8 Å². The molecule has 1 aromatic heterocycles. The number of hydrogen-bond acceptors (Lipinski definition) is 9. The summed E-state index contributed by atoms with van der Waals surface area (Å²) in [6, 6.07) is 11.8. The highest BCUT2D eigenvalue weighted by atomic mass is 32.2. The van der Waals surface area contributed by atoms with Crippen LogP contribution in [0.15, 0.2) is 59.3 Å². The highest BCUT2D eigenvalue weighted by molar-refractivity contribution is 7.84. The average Bonchev–Trinajstić information content (AvgIpc) is 2.88. The summed E-state index contributed by atoms with van der Waals surface area (Å²) in [6.07, 6.45) is 8.03. The molecular formula is C27H30N2O6S2. The molecule has 8 nitrogen and oxygen atoms in total. The quantitative estimate of drug-likeness (QED) is 0.179. The van der Waals surface area contributed by atoms with Gasteiger partial charge in [0.25, 0.3) is 0 Å². The van der Waals surface area contributed by atoms with Gasteiger partial charge in [0, 0.05) is 40.3 Å². The minimum atomic E-state index is -0.825. The first-order valence-electron chi connectivity index (χ1n) is 11.4. The summed E-state index contributed by atoms with van der Waals surface area (Å²) in [5.74, 6) is 1.37. The molecule has 0 radical (unpaired) electrons. The number of ether oxygens (including phenoxy) is 2. The monoisotopic (exact) mass is 542 g/mol. The van der Waals surface area contributed by atoms with Crippen LogP contribution in [0.2, 0.25) is 0 Å². The van der Waals surface area contributed by atoms with Crippen LogP contribution in [0.3, 0.4) is 0 Å².